The second-order valence-electron chi connectivity index (χ2n) is 7.89. The van der Waals surface area contributed by atoms with Gasteiger partial charge in [0.2, 0.25) is 0 Å². The highest BCUT2D eigenvalue weighted by atomic mass is 19.4. The average molecular weight is 390 g/mol. The lowest BCUT2D eigenvalue weighted by Gasteiger charge is -2.29. The summed E-state index contributed by atoms with van der Waals surface area (Å²) in [5, 5.41) is 0. The van der Waals surface area contributed by atoms with E-state index in [1.807, 2.05) is 6.07 Å². The molecule has 0 amide bonds. The molecule has 4 heteroatoms. The van der Waals surface area contributed by atoms with Crippen molar-refractivity contribution in [3.8, 4) is 16.9 Å². The van der Waals surface area contributed by atoms with E-state index in [9.17, 15) is 13.2 Å². The molecule has 1 aliphatic rings. The van der Waals surface area contributed by atoms with Gasteiger partial charge in [0, 0.05) is 5.56 Å². The highest BCUT2D eigenvalue weighted by Crippen LogP contribution is 2.41. The molecule has 0 saturated heterocycles. The van der Waals surface area contributed by atoms with Crippen molar-refractivity contribution in [3.63, 3.8) is 0 Å². The van der Waals surface area contributed by atoms with Gasteiger partial charge in [0.25, 0.3) is 0 Å². The second-order valence-corrected chi connectivity index (χ2v) is 7.89. The number of alkyl halides is 3. The Kier molecular flexibility index (Phi) is 6.69. The number of halogens is 3. The molecule has 0 bridgehead atoms. The highest BCUT2D eigenvalue weighted by molar-refractivity contribution is 5.71. The summed E-state index contributed by atoms with van der Waals surface area (Å²) < 4.78 is 44.1. The zero-order valence-corrected chi connectivity index (χ0v) is 16.7. The van der Waals surface area contributed by atoms with Gasteiger partial charge in [-0.25, -0.2) is 0 Å². The fraction of sp³-hybridized carbons (Fsp3) is 0.500. The van der Waals surface area contributed by atoms with Crippen LogP contribution in [0.15, 0.2) is 42.5 Å². The van der Waals surface area contributed by atoms with Gasteiger partial charge in [-0.15, -0.1) is 0 Å². The minimum Gasteiger partial charge on any atom is -0.496 e. The van der Waals surface area contributed by atoms with E-state index in [1.165, 1.54) is 62.6 Å². The number of ether oxygens (including phenoxy) is 1. The molecule has 1 aliphatic carbocycles. The summed E-state index contributed by atoms with van der Waals surface area (Å²) in [5.74, 6) is 2.07. The molecule has 0 heterocycles. The summed E-state index contributed by atoms with van der Waals surface area (Å²) in [5.41, 5.74) is 2.26. The molecule has 1 fully saturated rings. The van der Waals surface area contributed by atoms with Crippen LogP contribution in [0.2, 0.25) is 0 Å². The molecule has 1 saturated carbocycles. The molecule has 0 radical (unpaired) electrons. The summed E-state index contributed by atoms with van der Waals surface area (Å²) in [6.07, 6.45) is 4.51. The summed E-state index contributed by atoms with van der Waals surface area (Å²) in [6.45, 7) is 2.24. The first-order chi connectivity index (χ1) is 13.4. The lowest BCUT2D eigenvalue weighted by molar-refractivity contribution is -0.137. The largest absolute Gasteiger partial charge is 0.496 e. The number of rotatable bonds is 6. The molecule has 2 aromatic carbocycles. The van der Waals surface area contributed by atoms with Crippen LogP contribution in [0.3, 0.4) is 0 Å². The minimum absolute atomic E-state index is 0.525. The molecule has 0 unspecified atom stereocenters. The molecule has 2 aromatic rings. The number of hydrogen-bond donors (Lipinski definition) is 0. The standard InChI is InChI=1S/C24H29F3O/c1-3-4-5-17-6-8-18(9-7-17)20-12-15-23(28-2)22(16-20)19-10-13-21(14-11-19)24(25,26)27/h10-18H,3-9H2,1-2H3. The topological polar surface area (TPSA) is 9.23 Å². The van der Waals surface area contributed by atoms with Crippen LogP contribution in [0.4, 0.5) is 13.2 Å². The average Bonchev–Trinajstić information content (AvgIpc) is 2.71. The summed E-state index contributed by atoms with van der Waals surface area (Å²) in [7, 11) is 1.60. The Morgan fingerprint density at radius 3 is 2.21 bits per heavy atom. The Morgan fingerprint density at radius 2 is 1.64 bits per heavy atom. The number of unbranched alkanes of at least 4 members (excludes halogenated alkanes) is 1. The third-order valence-electron chi connectivity index (χ3n) is 6.03. The molecule has 0 aromatic heterocycles. The number of benzene rings is 2. The maximum atomic E-state index is 12.9. The van der Waals surface area contributed by atoms with Gasteiger partial charge >= 0.3 is 6.18 Å². The van der Waals surface area contributed by atoms with Crippen molar-refractivity contribution >= 4 is 0 Å². The maximum Gasteiger partial charge on any atom is 0.416 e. The van der Waals surface area contributed by atoms with Crippen LogP contribution < -0.4 is 4.74 Å². The van der Waals surface area contributed by atoms with Gasteiger partial charge in [-0.05, 0) is 72.9 Å². The van der Waals surface area contributed by atoms with Crippen molar-refractivity contribution in [2.24, 2.45) is 5.92 Å². The number of hydrogen-bond acceptors (Lipinski definition) is 1. The number of methoxy groups -OCH3 is 1. The van der Waals surface area contributed by atoms with Gasteiger partial charge in [-0.3, -0.25) is 0 Å². The first-order valence-corrected chi connectivity index (χ1v) is 10.3. The SMILES string of the molecule is CCCCC1CCC(c2ccc(OC)c(-c3ccc(C(F)(F)F)cc3)c2)CC1. The van der Waals surface area contributed by atoms with E-state index >= 15 is 0 Å². The van der Waals surface area contributed by atoms with E-state index in [1.54, 1.807) is 7.11 Å². The predicted molar refractivity (Wildman–Crippen MR) is 108 cm³/mol. The molecule has 152 valence electrons. The van der Waals surface area contributed by atoms with Gasteiger partial charge in [0.1, 0.15) is 5.75 Å². The fourth-order valence-electron chi connectivity index (χ4n) is 4.32. The van der Waals surface area contributed by atoms with Crippen LogP contribution in [0.25, 0.3) is 11.1 Å². The Labute approximate surface area is 165 Å². The van der Waals surface area contributed by atoms with Crippen molar-refractivity contribution in [2.45, 2.75) is 64.0 Å². The Bertz CT molecular complexity index is 756. The van der Waals surface area contributed by atoms with Crippen molar-refractivity contribution in [3.05, 3.63) is 53.6 Å². The van der Waals surface area contributed by atoms with E-state index in [0.29, 0.717) is 11.7 Å². The molecular formula is C24H29F3O. The van der Waals surface area contributed by atoms with Crippen LogP contribution in [-0.2, 0) is 6.18 Å². The molecule has 0 atom stereocenters. The van der Waals surface area contributed by atoms with Crippen LogP contribution in [0.1, 0.15) is 68.9 Å². The first kappa shape index (κ1) is 20.8. The Hall–Kier alpha value is -1.97. The van der Waals surface area contributed by atoms with Crippen LogP contribution in [0, 0.1) is 5.92 Å². The van der Waals surface area contributed by atoms with Crippen molar-refractivity contribution in [2.75, 3.05) is 7.11 Å². The molecule has 28 heavy (non-hydrogen) atoms. The highest BCUT2D eigenvalue weighted by Gasteiger charge is 2.30. The van der Waals surface area contributed by atoms with Gasteiger partial charge in [-0.1, -0.05) is 44.4 Å². The molecule has 1 nitrogen and oxygen atoms in total. The van der Waals surface area contributed by atoms with Gasteiger partial charge in [-0.2, -0.15) is 13.2 Å². The first-order valence-electron chi connectivity index (χ1n) is 10.3. The zero-order valence-electron chi connectivity index (χ0n) is 16.7. The van der Waals surface area contributed by atoms with Gasteiger partial charge in [0.05, 0.1) is 12.7 Å². The normalized spacial score (nSPS) is 20.2. The lowest BCUT2D eigenvalue weighted by atomic mass is 9.76. The summed E-state index contributed by atoms with van der Waals surface area (Å²) >= 11 is 0. The van der Waals surface area contributed by atoms with Crippen molar-refractivity contribution < 1.29 is 17.9 Å². The summed E-state index contributed by atoms with van der Waals surface area (Å²) in [4.78, 5) is 0. The van der Waals surface area contributed by atoms with Crippen molar-refractivity contribution in [1.82, 2.24) is 0 Å². The molecule has 3 rings (SSSR count). The Balaban J connectivity index is 1.79. The second kappa shape index (κ2) is 9.02. The van der Waals surface area contributed by atoms with Gasteiger partial charge in [0.15, 0.2) is 0 Å². The molecule has 0 N–H and O–H groups in total. The minimum atomic E-state index is -4.32. The van der Waals surface area contributed by atoms with Crippen LogP contribution in [0.5, 0.6) is 5.75 Å². The lowest BCUT2D eigenvalue weighted by Crippen LogP contribution is -2.13. The van der Waals surface area contributed by atoms with Crippen molar-refractivity contribution in [1.29, 1.82) is 0 Å². The van der Waals surface area contributed by atoms with E-state index < -0.39 is 11.7 Å². The third kappa shape index (κ3) is 4.89. The van der Waals surface area contributed by atoms with Crippen LogP contribution in [-0.4, -0.2) is 7.11 Å². The third-order valence-corrected chi connectivity index (χ3v) is 6.03. The molecular weight excluding hydrogens is 361 g/mol. The Morgan fingerprint density at radius 1 is 0.964 bits per heavy atom. The monoisotopic (exact) mass is 390 g/mol. The van der Waals surface area contributed by atoms with Gasteiger partial charge < -0.3 is 4.74 Å². The smallest absolute Gasteiger partial charge is 0.416 e. The van der Waals surface area contributed by atoms with E-state index in [4.69, 9.17) is 4.74 Å². The maximum absolute atomic E-state index is 12.9. The predicted octanol–water partition coefficient (Wildman–Crippen LogP) is 7.85. The van der Waals surface area contributed by atoms with Crippen LogP contribution >= 0.6 is 0 Å². The van der Waals surface area contributed by atoms with E-state index in [-0.39, 0.29) is 0 Å². The molecule has 0 aliphatic heterocycles. The fourth-order valence-corrected chi connectivity index (χ4v) is 4.32. The van der Waals surface area contributed by atoms with E-state index in [2.05, 4.69) is 19.1 Å². The quantitative estimate of drug-likeness (QED) is 0.488. The van der Waals surface area contributed by atoms with E-state index in [0.717, 1.165) is 29.2 Å². The molecule has 0 spiro atoms. The zero-order chi connectivity index (χ0) is 20.1. The summed E-state index contributed by atoms with van der Waals surface area (Å²) in [6, 6.07) is 11.5.